The van der Waals surface area contributed by atoms with Crippen LogP contribution in [0.5, 0.6) is 5.75 Å². The van der Waals surface area contributed by atoms with Crippen molar-refractivity contribution in [2.75, 3.05) is 25.0 Å². The number of carbonyl (C=O) groups is 2. The summed E-state index contributed by atoms with van der Waals surface area (Å²) in [5.41, 5.74) is 1.15. The zero-order chi connectivity index (χ0) is 21.5. The Kier molecular flexibility index (Phi) is 7.00. The van der Waals surface area contributed by atoms with Crippen molar-refractivity contribution in [1.29, 1.82) is 0 Å². The van der Waals surface area contributed by atoms with E-state index in [-0.39, 0.29) is 23.4 Å². The van der Waals surface area contributed by atoms with Gasteiger partial charge in [-0.2, -0.15) is 0 Å². The molecule has 0 radical (unpaired) electrons. The monoisotopic (exact) mass is 411 g/mol. The molecule has 0 spiro atoms. The molecule has 0 saturated carbocycles. The number of benzene rings is 2. The summed E-state index contributed by atoms with van der Waals surface area (Å²) in [5, 5.41) is 13.8. The van der Waals surface area contributed by atoms with E-state index >= 15 is 0 Å². The molecule has 2 aromatic rings. The second-order valence-corrected chi connectivity index (χ2v) is 7.31. The molecular weight excluding hydrogens is 386 g/mol. The highest BCUT2D eigenvalue weighted by Crippen LogP contribution is 2.25. The second kappa shape index (κ2) is 9.87. The van der Waals surface area contributed by atoms with Crippen LogP contribution in [0.1, 0.15) is 24.8 Å². The highest BCUT2D eigenvalue weighted by atomic mass is 16.6. The largest absolute Gasteiger partial charge is 0.493 e. The number of hydrogen-bond donors (Lipinski definition) is 1. The molecule has 1 N–H and O–H groups in total. The van der Waals surface area contributed by atoms with Crippen LogP contribution in [0.25, 0.3) is 0 Å². The quantitative estimate of drug-likeness (QED) is 0.555. The number of nitro benzene ring substituents is 1. The van der Waals surface area contributed by atoms with Gasteiger partial charge in [0.05, 0.1) is 23.6 Å². The highest BCUT2D eigenvalue weighted by molar-refractivity contribution is 5.93. The molecule has 8 nitrogen and oxygen atoms in total. The van der Waals surface area contributed by atoms with E-state index in [1.54, 1.807) is 17.9 Å². The Morgan fingerprint density at radius 2 is 1.87 bits per heavy atom. The van der Waals surface area contributed by atoms with Crippen LogP contribution in [-0.4, -0.2) is 41.3 Å². The summed E-state index contributed by atoms with van der Waals surface area (Å²) in [6, 6.07) is 13.7. The number of amides is 2. The SMILES string of the molecule is Cc1ccc([N+](=O)[O-])cc1NC(=O)C1CCN(C(=O)CCOc2ccccc2)CC1. The van der Waals surface area contributed by atoms with E-state index in [0.29, 0.717) is 44.6 Å². The summed E-state index contributed by atoms with van der Waals surface area (Å²) in [7, 11) is 0. The number of likely N-dealkylation sites (tertiary alicyclic amines) is 1. The van der Waals surface area contributed by atoms with E-state index in [2.05, 4.69) is 5.32 Å². The Morgan fingerprint density at radius 3 is 2.53 bits per heavy atom. The lowest BCUT2D eigenvalue weighted by atomic mass is 9.95. The third-order valence-corrected chi connectivity index (χ3v) is 5.24. The van der Waals surface area contributed by atoms with Gasteiger partial charge in [0.25, 0.3) is 5.69 Å². The highest BCUT2D eigenvalue weighted by Gasteiger charge is 2.27. The van der Waals surface area contributed by atoms with Gasteiger partial charge in [0, 0.05) is 31.1 Å². The molecule has 1 fully saturated rings. The van der Waals surface area contributed by atoms with Crippen molar-refractivity contribution in [2.24, 2.45) is 5.92 Å². The minimum absolute atomic E-state index is 0.0133. The summed E-state index contributed by atoms with van der Waals surface area (Å²) in [6.45, 7) is 3.12. The molecule has 0 bridgehead atoms. The number of carbonyl (C=O) groups excluding carboxylic acids is 2. The maximum Gasteiger partial charge on any atom is 0.271 e. The van der Waals surface area contributed by atoms with Crippen LogP contribution in [0.2, 0.25) is 0 Å². The van der Waals surface area contributed by atoms with Crippen LogP contribution in [0, 0.1) is 23.0 Å². The van der Waals surface area contributed by atoms with E-state index in [4.69, 9.17) is 4.74 Å². The molecule has 1 heterocycles. The second-order valence-electron chi connectivity index (χ2n) is 7.31. The van der Waals surface area contributed by atoms with Crippen LogP contribution < -0.4 is 10.1 Å². The predicted molar refractivity (Wildman–Crippen MR) is 112 cm³/mol. The number of para-hydroxylation sites is 1. The fraction of sp³-hybridized carbons (Fsp3) is 0.364. The first-order valence-electron chi connectivity index (χ1n) is 9.95. The van der Waals surface area contributed by atoms with Crippen LogP contribution in [0.3, 0.4) is 0 Å². The molecule has 0 aromatic heterocycles. The van der Waals surface area contributed by atoms with Crippen LogP contribution in [-0.2, 0) is 9.59 Å². The van der Waals surface area contributed by atoms with Gasteiger partial charge in [-0.05, 0) is 37.5 Å². The first-order chi connectivity index (χ1) is 14.4. The molecule has 1 aliphatic rings. The van der Waals surface area contributed by atoms with Crippen LogP contribution in [0.15, 0.2) is 48.5 Å². The summed E-state index contributed by atoms with van der Waals surface area (Å²) in [4.78, 5) is 37.2. The lowest BCUT2D eigenvalue weighted by Crippen LogP contribution is -2.41. The number of nitrogens with zero attached hydrogens (tertiary/aromatic N) is 2. The number of nitrogens with one attached hydrogen (secondary N) is 1. The minimum Gasteiger partial charge on any atom is -0.493 e. The van der Waals surface area contributed by atoms with Gasteiger partial charge in [0.1, 0.15) is 5.75 Å². The molecular formula is C22H25N3O5. The molecule has 0 unspecified atom stereocenters. The Hall–Kier alpha value is -3.42. The van der Waals surface area contributed by atoms with Crippen molar-refractivity contribution in [3.05, 3.63) is 64.2 Å². The molecule has 158 valence electrons. The smallest absolute Gasteiger partial charge is 0.271 e. The first kappa shape index (κ1) is 21.3. The molecule has 1 aliphatic heterocycles. The fourth-order valence-corrected chi connectivity index (χ4v) is 3.42. The third-order valence-electron chi connectivity index (χ3n) is 5.24. The number of non-ortho nitro benzene ring substituents is 1. The van der Waals surface area contributed by atoms with Crippen molar-refractivity contribution >= 4 is 23.2 Å². The van der Waals surface area contributed by atoms with E-state index in [1.807, 2.05) is 30.3 Å². The zero-order valence-corrected chi connectivity index (χ0v) is 16.9. The minimum atomic E-state index is -0.485. The number of piperidine rings is 1. The Morgan fingerprint density at radius 1 is 1.17 bits per heavy atom. The van der Waals surface area contributed by atoms with Gasteiger partial charge in [-0.1, -0.05) is 24.3 Å². The number of hydrogen-bond acceptors (Lipinski definition) is 5. The molecule has 2 amide bonds. The normalized spacial score (nSPS) is 14.2. The Balaban J connectivity index is 1.45. The molecule has 8 heteroatoms. The molecule has 30 heavy (non-hydrogen) atoms. The molecule has 1 saturated heterocycles. The Labute approximate surface area is 175 Å². The number of rotatable bonds is 7. The number of aryl methyl sites for hydroxylation is 1. The fourth-order valence-electron chi connectivity index (χ4n) is 3.42. The van der Waals surface area contributed by atoms with Gasteiger partial charge in [-0.15, -0.1) is 0 Å². The molecule has 3 rings (SSSR count). The van der Waals surface area contributed by atoms with Crippen molar-refractivity contribution in [3.63, 3.8) is 0 Å². The summed E-state index contributed by atoms with van der Waals surface area (Å²) in [6.07, 6.45) is 1.41. The Bertz CT molecular complexity index is 908. The maximum absolute atomic E-state index is 12.6. The first-order valence-corrected chi connectivity index (χ1v) is 9.95. The molecule has 0 atom stereocenters. The van der Waals surface area contributed by atoms with Crippen LogP contribution >= 0.6 is 0 Å². The lowest BCUT2D eigenvalue weighted by molar-refractivity contribution is -0.384. The van der Waals surface area contributed by atoms with E-state index < -0.39 is 4.92 Å². The van der Waals surface area contributed by atoms with Crippen molar-refractivity contribution < 1.29 is 19.2 Å². The number of nitro groups is 1. The third kappa shape index (κ3) is 5.56. The van der Waals surface area contributed by atoms with Gasteiger partial charge in [0.15, 0.2) is 0 Å². The van der Waals surface area contributed by atoms with E-state index in [9.17, 15) is 19.7 Å². The standard InChI is InChI=1S/C22H25N3O5/c1-16-7-8-18(25(28)29)15-20(16)23-22(27)17-9-12-24(13-10-17)21(26)11-14-30-19-5-3-2-4-6-19/h2-8,15,17H,9-14H2,1H3,(H,23,27). The lowest BCUT2D eigenvalue weighted by Gasteiger charge is -2.31. The molecule has 2 aromatic carbocycles. The average molecular weight is 411 g/mol. The van der Waals surface area contributed by atoms with Gasteiger partial charge < -0.3 is 15.0 Å². The number of ether oxygens (including phenoxy) is 1. The van der Waals surface area contributed by atoms with Crippen LogP contribution in [0.4, 0.5) is 11.4 Å². The van der Waals surface area contributed by atoms with E-state index in [1.165, 1.54) is 12.1 Å². The van der Waals surface area contributed by atoms with Gasteiger partial charge in [-0.25, -0.2) is 0 Å². The summed E-state index contributed by atoms with van der Waals surface area (Å²) >= 11 is 0. The summed E-state index contributed by atoms with van der Waals surface area (Å²) in [5.74, 6) is 0.350. The average Bonchev–Trinajstić information content (AvgIpc) is 2.76. The summed E-state index contributed by atoms with van der Waals surface area (Å²) < 4.78 is 5.57. The van der Waals surface area contributed by atoms with Gasteiger partial charge in [0.2, 0.25) is 11.8 Å². The van der Waals surface area contributed by atoms with Crippen molar-refractivity contribution in [3.8, 4) is 5.75 Å². The predicted octanol–water partition coefficient (Wildman–Crippen LogP) is 3.55. The van der Waals surface area contributed by atoms with E-state index in [0.717, 1.165) is 11.3 Å². The molecule has 0 aliphatic carbocycles. The topological polar surface area (TPSA) is 102 Å². The van der Waals surface area contributed by atoms with Gasteiger partial charge in [-0.3, -0.25) is 19.7 Å². The van der Waals surface area contributed by atoms with Gasteiger partial charge >= 0.3 is 0 Å². The van der Waals surface area contributed by atoms with Crippen molar-refractivity contribution in [2.45, 2.75) is 26.2 Å². The zero-order valence-electron chi connectivity index (χ0n) is 16.9. The number of anilines is 1. The van der Waals surface area contributed by atoms with Crippen molar-refractivity contribution in [1.82, 2.24) is 4.90 Å². The maximum atomic E-state index is 12.6.